The van der Waals surface area contributed by atoms with Gasteiger partial charge in [-0.25, -0.2) is 8.78 Å². The van der Waals surface area contributed by atoms with Crippen LogP contribution in [0.4, 0.5) is 14.5 Å². The Morgan fingerprint density at radius 3 is 2.21 bits per heavy atom. The van der Waals surface area contributed by atoms with E-state index < -0.39 is 47.8 Å². The Morgan fingerprint density at radius 2 is 1.64 bits per heavy atom. The highest BCUT2D eigenvalue weighted by Crippen LogP contribution is 2.27. The minimum atomic E-state index is -1.14. The summed E-state index contributed by atoms with van der Waals surface area (Å²) in [4.78, 5) is 37.8. The summed E-state index contributed by atoms with van der Waals surface area (Å²) in [5.41, 5.74) is 0.917. The van der Waals surface area contributed by atoms with Gasteiger partial charge in [0.05, 0.1) is 12.5 Å². The minimum Gasteiger partial charge on any atom is -0.481 e. The highest BCUT2D eigenvalue weighted by molar-refractivity contribution is 6.09. The van der Waals surface area contributed by atoms with E-state index in [0.717, 1.165) is 0 Å². The quantitative estimate of drug-likeness (QED) is 0.745. The van der Waals surface area contributed by atoms with Crippen molar-refractivity contribution in [3.05, 3.63) is 65.7 Å². The van der Waals surface area contributed by atoms with Gasteiger partial charge in [0, 0.05) is 12.2 Å². The Kier molecular flexibility index (Phi) is 5.67. The fourth-order valence-corrected chi connectivity index (χ4v) is 3.19. The second kappa shape index (κ2) is 8.16. The Morgan fingerprint density at radius 1 is 1.07 bits per heavy atom. The molecule has 1 aliphatic heterocycles. The van der Waals surface area contributed by atoms with Crippen molar-refractivity contribution in [3.63, 3.8) is 0 Å². The zero-order chi connectivity index (χ0) is 20.3. The third kappa shape index (κ3) is 4.33. The van der Waals surface area contributed by atoms with Crippen LogP contribution in [0.25, 0.3) is 0 Å². The van der Waals surface area contributed by atoms with E-state index in [-0.39, 0.29) is 6.42 Å². The summed E-state index contributed by atoms with van der Waals surface area (Å²) < 4.78 is 26.2. The van der Waals surface area contributed by atoms with Gasteiger partial charge < -0.3 is 15.3 Å². The third-order valence-corrected chi connectivity index (χ3v) is 4.63. The smallest absolute Gasteiger partial charge is 0.305 e. The van der Waals surface area contributed by atoms with Gasteiger partial charge in [0.1, 0.15) is 17.6 Å². The number of hydrogen-bond donors (Lipinski definition) is 2. The average Bonchev–Trinajstić information content (AvgIpc) is 3.03. The number of halogens is 2. The van der Waals surface area contributed by atoms with Gasteiger partial charge in [-0.05, 0) is 48.4 Å². The maximum absolute atomic E-state index is 13.1. The van der Waals surface area contributed by atoms with Crippen molar-refractivity contribution in [2.45, 2.75) is 18.9 Å². The molecular formula is C20H18F2N2O4. The maximum atomic E-state index is 13.1. The van der Waals surface area contributed by atoms with Gasteiger partial charge in [-0.15, -0.1) is 0 Å². The van der Waals surface area contributed by atoms with Gasteiger partial charge in [-0.1, -0.05) is 12.1 Å². The highest BCUT2D eigenvalue weighted by Gasteiger charge is 2.38. The molecule has 1 saturated heterocycles. The van der Waals surface area contributed by atoms with Crippen LogP contribution in [0.15, 0.2) is 48.5 Å². The molecule has 2 aromatic carbocycles. The van der Waals surface area contributed by atoms with Crippen LogP contribution in [0.3, 0.4) is 0 Å². The number of carbonyl (C=O) groups excluding carboxylic acids is 2. The first kappa shape index (κ1) is 19.5. The Hall–Kier alpha value is -3.29. The fraction of sp³-hybridized carbons (Fsp3) is 0.250. The normalized spacial score (nSPS) is 17.4. The average molecular weight is 388 g/mol. The molecule has 1 fully saturated rings. The number of carboxylic acids is 1. The topological polar surface area (TPSA) is 86.7 Å². The number of benzene rings is 2. The molecule has 2 N–H and O–H groups in total. The van der Waals surface area contributed by atoms with E-state index in [1.54, 1.807) is 0 Å². The first-order chi connectivity index (χ1) is 13.3. The van der Waals surface area contributed by atoms with Crippen LogP contribution in [-0.4, -0.2) is 29.4 Å². The number of nitrogens with one attached hydrogen (secondary N) is 1. The van der Waals surface area contributed by atoms with Crippen molar-refractivity contribution in [1.29, 1.82) is 0 Å². The monoisotopic (exact) mass is 388 g/mol. The molecule has 0 radical (unpaired) electrons. The molecule has 8 heteroatoms. The summed E-state index contributed by atoms with van der Waals surface area (Å²) in [6, 6.07) is 9.62. The molecule has 0 aromatic heterocycles. The van der Waals surface area contributed by atoms with E-state index in [2.05, 4.69) is 5.32 Å². The Bertz CT molecular complexity index is 884. The van der Waals surface area contributed by atoms with Crippen LogP contribution in [0.2, 0.25) is 0 Å². The molecule has 1 heterocycles. The number of rotatable bonds is 6. The summed E-state index contributed by atoms with van der Waals surface area (Å²) in [5.74, 6) is -4.05. The summed E-state index contributed by atoms with van der Waals surface area (Å²) in [7, 11) is 0. The minimum absolute atomic E-state index is 0.255. The zero-order valence-electron chi connectivity index (χ0n) is 14.8. The second-order valence-electron chi connectivity index (χ2n) is 6.52. The molecule has 0 bridgehead atoms. The van der Waals surface area contributed by atoms with Crippen molar-refractivity contribution < 1.29 is 28.3 Å². The first-order valence-corrected chi connectivity index (χ1v) is 8.69. The number of aliphatic carboxylic acids is 1. The van der Waals surface area contributed by atoms with Crippen LogP contribution < -0.4 is 10.2 Å². The van der Waals surface area contributed by atoms with Crippen LogP contribution >= 0.6 is 0 Å². The summed E-state index contributed by atoms with van der Waals surface area (Å²) >= 11 is 0. The van der Waals surface area contributed by atoms with Gasteiger partial charge in [-0.2, -0.15) is 0 Å². The number of amides is 2. The molecule has 2 aromatic rings. The fourth-order valence-electron chi connectivity index (χ4n) is 3.19. The van der Waals surface area contributed by atoms with Crippen molar-refractivity contribution >= 4 is 23.5 Å². The van der Waals surface area contributed by atoms with E-state index in [1.165, 1.54) is 53.4 Å². The van der Waals surface area contributed by atoms with E-state index in [0.29, 0.717) is 17.8 Å². The molecule has 2 unspecified atom stereocenters. The van der Waals surface area contributed by atoms with E-state index in [9.17, 15) is 23.2 Å². The van der Waals surface area contributed by atoms with Crippen molar-refractivity contribution in [2.24, 2.45) is 5.92 Å². The number of nitrogens with zero attached hydrogens (tertiary/aromatic N) is 1. The molecule has 1 aliphatic rings. The van der Waals surface area contributed by atoms with E-state index in [1.807, 2.05) is 0 Å². The van der Waals surface area contributed by atoms with Gasteiger partial charge in [0.25, 0.3) is 0 Å². The van der Waals surface area contributed by atoms with Crippen molar-refractivity contribution in [3.8, 4) is 0 Å². The molecule has 0 aliphatic carbocycles. The Labute approximate surface area is 159 Å². The molecule has 3 rings (SSSR count). The highest BCUT2D eigenvalue weighted by atomic mass is 19.1. The lowest BCUT2D eigenvalue weighted by molar-refractivity contribution is -0.138. The molecule has 28 heavy (non-hydrogen) atoms. The van der Waals surface area contributed by atoms with Gasteiger partial charge in [0.2, 0.25) is 11.8 Å². The van der Waals surface area contributed by atoms with Crippen molar-refractivity contribution in [2.75, 3.05) is 11.4 Å². The predicted molar refractivity (Wildman–Crippen MR) is 96.4 cm³/mol. The van der Waals surface area contributed by atoms with Crippen LogP contribution in [-0.2, 0) is 14.4 Å². The molecule has 0 saturated carbocycles. The lowest BCUT2D eigenvalue weighted by Gasteiger charge is -2.20. The summed E-state index contributed by atoms with van der Waals surface area (Å²) in [6.45, 7) is 0.294. The third-order valence-electron chi connectivity index (χ3n) is 4.63. The number of carboxylic acid groups (broad SMARTS) is 1. The predicted octanol–water partition coefficient (Wildman–Crippen LogP) is 2.65. The van der Waals surface area contributed by atoms with Gasteiger partial charge in [-0.3, -0.25) is 14.4 Å². The summed E-state index contributed by atoms with van der Waals surface area (Å²) in [6.07, 6.45) is -0.148. The second-order valence-corrected chi connectivity index (χ2v) is 6.52. The van der Waals surface area contributed by atoms with Crippen LogP contribution in [0.5, 0.6) is 0 Å². The summed E-state index contributed by atoms with van der Waals surface area (Å²) in [5, 5.41) is 11.7. The molecule has 2 amide bonds. The maximum Gasteiger partial charge on any atom is 0.305 e. The van der Waals surface area contributed by atoms with E-state index >= 15 is 0 Å². The number of carbonyl (C=O) groups is 3. The molecule has 0 spiro atoms. The molecule has 6 nitrogen and oxygen atoms in total. The Balaban J connectivity index is 1.73. The number of anilines is 1. The number of hydrogen-bond acceptors (Lipinski definition) is 3. The van der Waals surface area contributed by atoms with Crippen LogP contribution in [0, 0.1) is 17.6 Å². The lowest BCUT2D eigenvalue weighted by atomic mass is 10.0. The first-order valence-electron chi connectivity index (χ1n) is 8.69. The van der Waals surface area contributed by atoms with E-state index in [4.69, 9.17) is 5.11 Å². The SMILES string of the molecule is O=C(O)CC(NC(=O)C1CCN(c2ccc(F)cc2)C1=O)c1ccc(F)cc1. The molecule has 2 atom stereocenters. The van der Waals surface area contributed by atoms with Crippen molar-refractivity contribution in [1.82, 2.24) is 5.32 Å². The van der Waals surface area contributed by atoms with Gasteiger partial charge >= 0.3 is 5.97 Å². The standard InChI is InChI=1S/C20H18F2N2O4/c21-13-3-1-12(2-4-13)17(11-18(25)26)23-19(27)16-9-10-24(20(16)28)15-7-5-14(22)6-8-15/h1-8,16-17H,9-11H2,(H,23,27)(H,25,26). The molecule has 146 valence electrons. The largest absolute Gasteiger partial charge is 0.481 e. The van der Waals surface area contributed by atoms with Gasteiger partial charge in [0.15, 0.2) is 0 Å². The van der Waals surface area contributed by atoms with Crippen LogP contribution in [0.1, 0.15) is 24.4 Å². The zero-order valence-corrected chi connectivity index (χ0v) is 14.8. The molecular weight excluding hydrogens is 370 g/mol. The lowest BCUT2D eigenvalue weighted by Crippen LogP contribution is -2.39.